The Morgan fingerprint density at radius 1 is 1.23 bits per heavy atom. The van der Waals surface area contributed by atoms with Crippen molar-refractivity contribution in [1.29, 1.82) is 0 Å². The molecule has 1 N–H and O–H groups in total. The van der Waals surface area contributed by atoms with Gasteiger partial charge in [-0.15, -0.1) is 0 Å². The van der Waals surface area contributed by atoms with E-state index in [0.29, 0.717) is 26.1 Å². The second-order valence-electron chi connectivity index (χ2n) is 2.05. The fourth-order valence-electron chi connectivity index (χ4n) is 0.588. The first-order chi connectivity index (χ1) is 6.31. The molecule has 6 heteroatoms. The summed E-state index contributed by atoms with van der Waals surface area (Å²) in [5.41, 5.74) is 0. The maximum atomic E-state index is 11.0. The SMILES string of the molecule is O=C(CCN=C=S)NCCN=C=S. The van der Waals surface area contributed by atoms with E-state index in [0.717, 1.165) is 0 Å². The van der Waals surface area contributed by atoms with Crippen molar-refractivity contribution < 1.29 is 4.79 Å². The fraction of sp³-hybridized carbons (Fsp3) is 0.571. The van der Waals surface area contributed by atoms with Crippen LogP contribution in [-0.2, 0) is 4.79 Å². The molecule has 0 aliphatic carbocycles. The molecule has 0 aliphatic heterocycles. The van der Waals surface area contributed by atoms with Gasteiger partial charge in [0.25, 0.3) is 0 Å². The molecular formula is C7H9N3OS2. The first-order valence-electron chi connectivity index (χ1n) is 3.65. The lowest BCUT2D eigenvalue weighted by Crippen LogP contribution is -2.26. The molecule has 0 unspecified atom stereocenters. The van der Waals surface area contributed by atoms with Crippen molar-refractivity contribution in [3.05, 3.63) is 0 Å². The van der Waals surface area contributed by atoms with Crippen LogP contribution in [0.25, 0.3) is 0 Å². The minimum Gasteiger partial charge on any atom is -0.354 e. The van der Waals surface area contributed by atoms with Crippen molar-refractivity contribution in [3.8, 4) is 0 Å². The molecule has 0 heterocycles. The number of nitrogens with one attached hydrogen (secondary N) is 1. The Bertz CT molecular complexity index is 254. The number of nitrogens with zero attached hydrogens (tertiary/aromatic N) is 2. The van der Waals surface area contributed by atoms with Gasteiger partial charge in [0.15, 0.2) is 0 Å². The van der Waals surface area contributed by atoms with Crippen molar-refractivity contribution in [2.24, 2.45) is 9.98 Å². The van der Waals surface area contributed by atoms with E-state index >= 15 is 0 Å². The van der Waals surface area contributed by atoms with Crippen molar-refractivity contribution in [3.63, 3.8) is 0 Å². The number of carbonyl (C=O) groups excluding carboxylic acids is 1. The summed E-state index contributed by atoms with van der Waals surface area (Å²) < 4.78 is 0. The molecule has 0 bridgehead atoms. The van der Waals surface area contributed by atoms with Gasteiger partial charge in [0, 0.05) is 13.0 Å². The van der Waals surface area contributed by atoms with Crippen molar-refractivity contribution in [2.75, 3.05) is 19.6 Å². The summed E-state index contributed by atoms with van der Waals surface area (Å²) in [5.74, 6) is -0.0754. The highest BCUT2D eigenvalue weighted by Crippen LogP contribution is 1.80. The Labute approximate surface area is 87.1 Å². The number of rotatable bonds is 6. The molecule has 70 valence electrons. The molecule has 0 fully saturated rings. The summed E-state index contributed by atoms with van der Waals surface area (Å²) in [6, 6.07) is 0. The lowest BCUT2D eigenvalue weighted by molar-refractivity contribution is -0.120. The van der Waals surface area contributed by atoms with E-state index in [1.165, 1.54) is 0 Å². The van der Waals surface area contributed by atoms with E-state index in [1.807, 2.05) is 0 Å². The number of thiocarbonyl (C=S) groups is 2. The minimum atomic E-state index is -0.0754. The highest BCUT2D eigenvalue weighted by molar-refractivity contribution is 7.78. The number of isothiocyanates is 2. The van der Waals surface area contributed by atoms with Crippen LogP contribution in [-0.4, -0.2) is 35.9 Å². The third kappa shape index (κ3) is 8.98. The summed E-state index contributed by atoms with van der Waals surface area (Å²) in [6.07, 6.45) is 0.324. The lowest BCUT2D eigenvalue weighted by atomic mass is 10.4. The highest BCUT2D eigenvalue weighted by Gasteiger charge is 1.97. The summed E-state index contributed by atoms with van der Waals surface area (Å²) in [5, 5.41) is 7.03. The van der Waals surface area contributed by atoms with E-state index in [2.05, 4.69) is 50.1 Å². The van der Waals surface area contributed by atoms with Crippen LogP contribution in [0, 0.1) is 0 Å². The zero-order valence-electron chi connectivity index (χ0n) is 6.95. The van der Waals surface area contributed by atoms with Gasteiger partial charge in [0.1, 0.15) is 0 Å². The van der Waals surface area contributed by atoms with E-state index in [1.54, 1.807) is 0 Å². The van der Waals surface area contributed by atoms with Crippen LogP contribution in [0.1, 0.15) is 6.42 Å². The van der Waals surface area contributed by atoms with Gasteiger partial charge in [-0.05, 0) is 24.4 Å². The topological polar surface area (TPSA) is 53.8 Å². The zero-order valence-corrected chi connectivity index (χ0v) is 8.58. The summed E-state index contributed by atoms with van der Waals surface area (Å²) in [6.45, 7) is 1.32. The van der Waals surface area contributed by atoms with Crippen LogP contribution < -0.4 is 5.32 Å². The third-order valence-corrected chi connectivity index (χ3v) is 1.38. The molecular weight excluding hydrogens is 206 g/mol. The van der Waals surface area contributed by atoms with Gasteiger partial charge in [-0.3, -0.25) is 4.79 Å². The number of hydrogen-bond acceptors (Lipinski definition) is 5. The second-order valence-corrected chi connectivity index (χ2v) is 2.41. The molecule has 0 aromatic rings. The van der Waals surface area contributed by atoms with Crippen LogP contribution in [0.5, 0.6) is 0 Å². The number of aliphatic imine (C=N–C) groups is 2. The Kier molecular flexibility index (Phi) is 8.51. The van der Waals surface area contributed by atoms with Gasteiger partial charge in [-0.2, -0.15) is 0 Å². The fourth-order valence-corrected chi connectivity index (χ4v) is 0.771. The second kappa shape index (κ2) is 9.16. The van der Waals surface area contributed by atoms with Crippen molar-refractivity contribution in [1.82, 2.24) is 5.32 Å². The van der Waals surface area contributed by atoms with Gasteiger partial charge >= 0.3 is 0 Å². The van der Waals surface area contributed by atoms with Crippen LogP contribution in [0.3, 0.4) is 0 Å². The van der Waals surface area contributed by atoms with Gasteiger partial charge < -0.3 is 5.32 Å². The van der Waals surface area contributed by atoms with Crippen LogP contribution >= 0.6 is 24.4 Å². The molecule has 4 nitrogen and oxygen atoms in total. The summed E-state index contributed by atoms with van der Waals surface area (Å²) in [4.78, 5) is 18.2. The minimum absolute atomic E-state index is 0.0754. The Balaban J connectivity index is 3.40. The molecule has 0 rings (SSSR count). The Morgan fingerprint density at radius 2 is 1.85 bits per heavy atom. The number of amides is 1. The molecule has 0 saturated heterocycles. The average Bonchev–Trinajstić information content (AvgIpc) is 2.13. The standard InChI is InChI=1S/C7H9N3OS2/c11-7(1-2-8-5-12)10-4-3-9-6-13/h1-4H2,(H,10,11). The molecule has 0 aromatic carbocycles. The maximum absolute atomic E-state index is 11.0. The van der Waals surface area contributed by atoms with Crippen LogP contribution in [0.2, 0.25) is 0 Å². The van der Waals surface area contributed by atoms with Crippen molar-refractivity contribution >= 4 is 40.7 Å². The largest absolute Gasteiger partial charge is 0.354 e. The first-order valence-corrected chi connectivity index (χ1v) is 4.47. The summed E-state index contributed by atoms with van der Waals surface area (Å²) in [7, 11) is 0. The van der Waals surface area contributed by atoms with Gasteiger partial charge in [-0.1, -0.05) is 0 Å². The predicted octanol–water partition coefficient (Wildman–Crippen LogP) is 0.698. The zero-order chi connectivity index (χ0) is 9.94. The van der Waals surface area contributed by atoms with E-state index in [9.17, 15) is 4.79 Å². The maximum Gasteiger partial charge on any atom is 0.221 e. The number of hydrogen-bond donors (Lipinski definition) is 1. The molecule has 1 amide bonds. The van der Waals surface area contributed by atoms with Crippen LogP contribution in [0.15, 0.2) is 9.98 Å². The molecule has 0 spiro atoms. The highest BCUT2D eigenvalue weighted by atomic mass is 32.1. The van der Waals surface area contributed by atoms with E-state index < -0.39 is 0 Å². The van der Waals surface area contributed by atoms with Gasteiger partial charge in [-0.25, -0.2) is 9.98 Å². The van der Waals surface area contributed by atoms with Gasteiger partial charge in [0.2, 0.25) is 5.91 Å². The molecule has 0 aliphatic rings. The van der Waals surface area contributed by atoms with Crippen molar-refractivity contribution in [2.45, 2.75) is 6.42 Å². The number of carbonyl (C=O) groups is 1. The van der Waals surface area contributed by atoms with Crippen LogP contribution in [0.4, 0.5) is 0 Å². The average molecular weight is 215 g/mol. The van der Waals surface area contributed by atoms with E-state index in [-0.39, 0.29) is 5.91 Å². The lowest BCUT2D eigenvalue weighted by Gasteiger charge is -1.99. The molecule has 0 radical (unpaired) electrons. The quantitative estimate of drug-likeness (QED) is 0.403. The predicted molar refractivity (Wildman–Crippen MR) is 57.4 cm³/mol. The molecule has 0 saturated carbocycles. The normalized spacial score (nSPS) is 8.00. The van der Waals surface area contributed by atoms with E-state index in [4.69, 9.17) is 0 Å². The first kappa shape index (κ1) is 12.1. The summed E-state index contributed by atoms with van der Waals surface area (Å²) >= 11 is 8.70. The third-order valence-electron chi connectivity index (χ3n) is 1.13. The molecule has 0 aromatic heterocycles. The monoisotopic (exact) mass is 215 g/mol. The Hall–Kier alpha value is -0.930. The smallest absolute Gasteiger partial charge is 0.221 e. The Morgan fingerprint density at radius 3 is 2.46 bits per heavy atom. The van der Waals surface area contributed by atoms with Gasteiger partial charge in [0.05, 0.1) is 23.4 Å². The molecule has 0 atom stereocenters. The molecule has 13 heavy (non-hydrogen) atoms.